The smallest absolute Gasteiger partial charge is 0.151 e. The van der Waals surface area contributed by atoms with Crippen LogP contribution in [-0.4, -0.2) is 47.3 Å². The van der Waals surface area contributed by atoms with Crippen LogP contribution in [0.5, 0.6) is 0 Å². The number of hydrogen-bond donors (Lipinski definition) is 0. The zero-order valence-electron chi connectivity index (χ0n) is 12.0. The normalized spacial score (nSPS) is 32.7. The number of hydrogen-bond acceptors (Lipinski definition) is 4. The van der Waals surface area contributed by atoms with Gasteiger partial charge in [-0.1, -0.05) is 0 Å². The maximum atomic E-state index is 4.49. The molecule has 2 atom stereocenters. The van der Waals surface area contributed by atoms with E-state index in [1.165, 1.54) is 63.1 Å². The molecule has 4 aliphatic rings. The van der Waals surface area contributed by atoms with Crippen LogP contribution >= 0.6 is 0 Å². The second-order valence-electron chi connectivity index (χ2n) is 7.14. The molecule has 4 nitrogen and oxygen atoms in total. The molecule has 2 aliphatic carbocycles. The molecule has 5 rings (SSSR count). The summed E-state index contributed by atoms with van der Waals surface area (Å²) in [6.45, 7) is 5.04. The molecule has 0 amide bonds. The Labute approximate surface area is 120 Å². The lowest BCUT2D eigenvalue weighted by Gasteiger charge is -2.22. The SMILES string of the molecule is c1c(N2CC3CN(C4CC4)CC3C2)nnc2c1CCC2. The van der Waals surface area contributed by atoms with E-state index in [9.17, 15) is 0 Å². The highest BCUT2D eigenvalue weighted by molar-refractivity contribution is 5.44. The summed E-state index contributed by atoms with van der Waals surface area (Å²) in [7, 11) is 0. The third-order valence-electron chi connectivity index (χ3n) is 5.71. The Hall–Kier alpha value is -1.16. The number of anilines is 1. The molecule has 20 heavy (non-hydrogen) atoms. The van der Waals surface area contributed by atoms with Crippen LogP contribution in [-0.2, 0) is 12.8 Å². The molecule has 106 valence electrons. The average molecular weight is 270 g/mol. The first-order valence-electron chi connectivity index (χ1n) is 8.21. The lowest BCUT2D eigenvalue weighted by Crippen LogP contribution is -2.30. The van der Waals surface area contributed by atoms with Gasteiger partial charge in [0.2, 0.25) is 0 Å². The predicted molar refractivity (Wildman–Crippen MR) is 77.8 cm³/mol. The molecular weight excluding hydrogens is 248 g/mol. The van der Waals surface area contributed by atoms with E-state index in [4.69, 9.17) is 0 Å². The Morgan fingerprint density at radius 2 is 1.75 bits per heavy atom. The highest BCUT2D eigenvalue weighted by Crippen LogP contribution is 2.39. The standard InChI is InChI=1S/C16H22N4/c1-2-11-6-16(18-17-15(11)3-1)20-9-12-7-19(14-4-5-14)8-13(12)10-20/h6,12-14H,1-5,7-10H2. The lowest BCUT2D eigenvalue weighted by molar-refractivity contribution is 0.306. The first kappa shape index (κ1) is 11.5. The van der Waals surface area contributed by atoms with Gasteiger partial charge < -0.3 is 4.90 Å². The number of aryl methyl sites for hydroxylation is 2. The van der Waals surface area contributed by atoms with Crippen molar-refractivity contribution in [3.8, 4) is 0 Å². The maximum Gasteiger partial charge on any atom is 0.151 e. The van der Waals surface area contributed by atoms with Crippen molar-refractivity contribution in [3.05, 3.63) is 17.3 Å². The quantitative estimate of drug-likeness (QED) is 0.815. The van der Waals surface area contributed by atoms with Crippen molar-refractivity contribution in [2.24, 2.45) is 11.8 Å². The molecule has 4 heteroatoms. The van der Waals surface area contributed by atoms with Crippen LogP contribution in [0.4, 0.5) is 5.82 Å². The van der Waals surface area contributed by atoms with E-state index in [1.807, 2.05) is 0 Å². The fraction of sp³-hybridized carbons (Fsp3) is 0.750. The van der Waals surface area contributed by atoms with Crippen LogP contribution in [0.3, 0.4) is 0 Å². The zero-order valence-corrected chi connectivity index (χ0v) is 12.0. The zero-order chi connectivity index (χ0) is 13.1. The van der Waals surface area contributed by atoms with Gasteiger partial charge in [-0.3, -0.25) is 4.90 Å². The molecular formula is C16H22N4. The van der Waals surface area contributed by atoms with Crippen molar-refractivity contribution in [2.75, 3.05) is 31.1 Å². The molecule has 1 saturated carbocycles. The topological polar surface area (TPSA) is 32.3 Å². The minimum Gasteiger partial charge on any atom is -0.354 e. The molecule has 2 unspecified atom stereocenters. The summed E-state index contributed by atoms with van der Waals surface area (Å²) in [6.07, 6.45) is 6.48. The molecule has 0 aromatic carbocycles. The molecule has 0 N–H and O–H groups in total. The van der Waals surface area contributed by atoms with Crippen LogP contribution in [0.25, 0.3) is 0 Å². The van der Waals surface area contributed by atoms with Crippen molar-refractivity contribution < 1.29 is 0 Å². The summed E-state index contributed by atoms with van der Waals surface area (Å²) < 4.78 is 0. The molecule has 1 aromatic heterocycles. The number of nitrogens with zero attached hydrogens (tertiary/aromatic N) is 4. The first-order chi connectivity index (χ1) is 9.87. The van der Waals surface area contributed by atoms with E-state index in [1.54, 1.807) is 0 Å². The second-order valence-corrected chi connectivity index (χ2v) is 7.14. The monoisotopic (exact) mass is 270 g/mol. The molecule has 0 spiro atoms. The number of aromatic nitrogens is 2. The van der Waals surface area contributed by atoms with Crippen molar-refractivity contribution in [3.63, 3.8) is 0 Å². The summed E-state index contributed by atoms with van der Waals surface area (Å²) in [5.41, 5.74) is 2.69. The molecule has 2 aliphatic heterocycles. The largest absolute Gasteiger partial charge is 0.354 e. The fourth-order valence-corrected chi connectivity index (χ4v) is 4.43. The van der Waals surface area contributed by atoms with Gasteiger partial charge in [-0.05, 0) is 55.6 Å². The van der Waals surface area contributed by atoms with E-state index in [0.717, 1.165) is 30.1 Å². The molecule has 2 saturated heterocycles. The highest BCUT2D eigenvalue weighted by Gasteiger charge is 2.44. The highest BCUT2D eigenvalue weighted by atomic mass is 15.3. The fourth-order valence-electron chi connectivity index (χ4n) is 4.43. The third-order valence-corrected chi connectivity index (χ3v) is 5.71. The summed E-state index contributed by atoms with van der Waals surface area (Å²) in [4.78, 5) is 5.23. The van der Waals surface area contributed by atoms with Gasteiger partial charge in [0.25, 0.3) is 0 Å². The predicted octanol–water partition coefficient (Wildman–Crippen LogP) is 1.50. The summed E-state index contributed by atoms with van der Waals surface area (Å²) in [5, 5.41) is 8.94. The van der Waals surface area contributed by atoms with Crippen molar-refractivity contribution in [2.45, 2.75) is 38.1 Å². The average Bonchev–Trinajstić information content (AvgIpc) is 2.91. The van der Waals surface area contributed by atoms with Gasteiger partial charge in [0.1, 0.15) is 0 Å². The Balaban J connectivity index is 1.32. The van der Waals surface area contributed by atoms with E-state index < -0.39 is 0 Å². The lowest BCUT2D eigenvalue weighted by atomic mass is 10.0. The molecule has 0 radical (unpaired) electrons. The second kappa shape index (κ2) is 4.17. The Morgan fingerprint density at radius 3 is 2.50 bits per heavy atom. The molecule has 1 aromatic rings. The third kappa shape index (κ3) is 1.77. The minimum atomic E-state index is 0.866. The van der Waals surface area contributed by atoms with E-state index >= 15 is 0 Å². The van der Waals surface area contributed by atoms with Gasteiger partial charge in [-0.25, -0.2) is 0 Å². The van der Waals surface area contributed by atoms with Gasteiger partial charge >= 0.3 is 0 Å². The van der Waals surface area contributed by atoms with Gasteiger partial charge in [0.15, 0.2) is 5.82 Å². The number of fused-ring (bicyclic) bond motifs is 2. The summed E-state index contributed by atoms with van der Waals surface area (Å²) in [5.74, 6) is 2.87. The summed E-state index contributed by atoms with van der Waals surface area (Å²) in [6, 6.07) is 3.25. The Kier molecular flexibility index (Phi) is 2.40. The van der Waals surface area contributed by atoms with Gasteiger partial charge in [0, 0.05) is 32.2 Å². The van der Waals surface area contributed by atoms with Crippen LogP contribution in [0.1, 0.15) is 30.5 Å². The Bertz CT molecular complexity index is 525. The van der Waals surface area contributed by atoms with Crippen LogP contribution in [0.2, 0.25) is 0 Å². The Morgan fingerprint density at radius 1 is 0.950 bits per heavy atom. The van der Waals surface area contributed by atoms with Crippen molar-refractivity contribution in [1.82, 2.24) is 15.1 Å². The van der Waals surface area contributed by atoms with Crippen LogP contribution < -0.4 is 4.90 Å². The van der Waals surface area contributed by atoms with Crippen molar-refractivity contribution in [1.29, 1.82) is 0 Å². The first-order valence-corrected chi connectivity index (χ1v) is 8.21. The van der Waals surface area contributed by atoms with Crippen LogP contribution in [0, 0.1) is 11.8 Å². The molecule has 3 heterocycles. The minimum absolute atomic E-state index is 0.866. The molecule has 3 fully saturated rings. The van der Waals surface area contributed by atoms with Gasteiger partial charge in [-0.2, -0.15) is 5.10 Å². The van der Waals surface area contributed by atoms with Crippen molar-refractivity contribution >= 4 is 5.82 Å². The summed E-state index contributed by atoms with van der Waals surface area (Å²) >= 11 is 0. The van der Waals surface area contributed by atoms with Crippen LogP contribution in [0.15, 0.2) is 6.07 Å². The van der Waals surface area contributed by atoms with E-state index in [0.29, 0.717) is 0 Å². The van der Waals surface area contributed by atoms with Gasteiger partial charge in [0.05, 0.1) is 5.69 Å². The number of likely N-dealkylation sites (tertiary alicyclic amines) is 1. The number of rotatable bonds is 2. The molecule has 0 bridgehead atoms. The maximum absolute atomic E-state index is 4.49. The van der Waals surface area contributed by atoms with E-state index in [2.05, 4.69) is 26.1 Å². The van der Waals surface area contributed by atoms with Gasteiger partial charge in [-0.15, -0.1) is 5.10 Å². The van der Waals surface area contributed by atoms with E-state index in [-0.39, 0.29) is 0 Å².